The molecule has 3 fully saturated rings. The number of unbranched alkanes of at least 4 members (excludes halogenated alkanes) is 1. The highest BCUT2D eigenvalue weighted by Gasteiger charge is 2.61. The van der Waals surface area contributed by atoms with Crippen molar-refractivity contribution in [2.75, 3.05) is 12.3 Å². The van der Waals surface area contributed by atoms with Crippen LogP contribution in [0.25, 0.3) is 0 Å². The van der Waals surface area contributed by atoms with E-state index in [0.717, 1.165) is 18.4 Å². The monoisotopic (exact) mass is 272 g/mol. The lowest BCUT2D eigenvalue weighted by atomic mass is 9.55. The van der Waals surface area contributed by atoms with Crippen molar-refractivity contribution < 1.29 is 9.59 Å². The number of benzene rings is 1. The van der Waals surface area contributed by atoms with Crippen LogP contribution in [-0.4, -0.2) is 23.3 Å². The van der Waals surface area contributed by atoms with Crippen molar-refractivity contribution in [3.8, 4) is 0 Å². The van der Waals surface area contributed by atoms with E-state index in [1.54, 1.807) is 0 Å². The van der Waals surface area contributed by atoms with Crippen LogP contribution in [0.2, 0.25) is 0 Å². The maximum absolute atomic E-state index is 12.8. The fourth-order valence-electron chi connectivity index (χ4n) is 3.40. The Kier molecular flexibility index (Phi) is 3.04. The van der Waals surface area contributed by atoms with Gasteiger partial charge in [-0.3, -0.25) is 14.5 Å². The Labute approximate surface area is 118 Å². The van der Waals surface area contributed by atoms with Gasteiger partial charge in [-0.2, -0.15) is 0 Å². The second-order valence-corrected chi connectivity index (χ2v) is 5.96. The molecule has 3 aliphatic rings. The third-order valence-electron chi connectivity index (χ3n) is 4.66. The Balaban J connectivity index is 1.90. The summed E-state index contributed by atoms with van der Waals surface area (Å²) in [6.45, 7) is 2.62. The minimum Gasteiger partial charge on any atom is -0.399 e. The molecule has 2 saturated heterocycles. The molecule has 0 unspecified atom stereocenters. The summed E-state index contributed by atoms with van der Waals surface area (Å²) in [5.41, 5.74) is 6.94. The molecule has 20 heavy (non-hydrogen) atoms. The molecule has 0 aromatic heterocycles. The van der Waals surface area contributed by atoms with Crippen LogP contribution in [0.3, 0.4) is 0 Å². The Morgan fingerprint density at radius 1 is 1.25 bits per heavy atom. The van der Waals surface area contributed by atoms with Crippen molar-refractivity contribution in [3.63, 3.8) is 0 Å². The zero-order chi connectivity index (χ0) is 14.3. The first-order valence-corrected chi connectivity index (χ1v) is 7.30. The summed E-state index contributed by atoms with van der Waals surface area (Å²) in [6.07, 6.45) is 3.19. The Hall–Kier alpha value is -1.84. The molecule has 1 aliphatic carbocycles. The average Bonchev–Trinajstić information content (AvgIpc) is 2.39. The molecule has 106 valence electrons. The van der Waals surface area contributed by atoms with Crippen molar-refractivity contribution in [2.24, 2.45) is 5.92 Å². The van der Waals surface area contributed by atoms with Crippen molar-refractivity contribution in [3.05, 3.63) is 29.8 Å². The number of rotatable bonds is 4. The van der Waals surface area contributed by atoms with E-state index in [2.05, 4.69) is 6.92 Å². The molecule has 1 aromatic rings. The first-order chi connectivity index (χ1) is 9.58. The molecular weight excluding hydrogens is 252 g/mol. The summed E-state index contributed by atoms with van der Waals surface area (Å²) in [7, 11) is 0. The minimum atomic E-state index is -0.472. The average molecular weight is 272 g/mol. The lowest BCUT2D eigenvalue weighted by Gasteiger charge is -2.53. The molecule has 4 nitrogen and oxygen atoms in total. The number of amides is 2. The maximum atomic E-state index is 12.8. The van der Waals surface area contributed by atoms with Crippen molar-refractivity contribution in [1.29, 1.82) is 0 Å². The zero-order valence-electron chi connectivity index (χ0n) is 11.8. The number of nitrogens with zero attached hydrogens (tertiary/aromatic N) is 1. The predicted molar refractivity (Wildman–Crippen MR) is 76.9 cm³/mol. The van der Waals surface area contributed by atoms with E-state index in [-0.39, 0.29) is 17.7 Å². The van der Waals surface area contributed by atoms with Gasteiger partial charge in [0.1, 0.15) is 0 Å². The first-order valence-electron chi connectivity index (χ1n) is 7.30. The molecular formula is C16H20N2O2. The lowest BCUT2D eigenvalue weighted by Crippen LogP contribution is -2.65. The number of carbonyl (C=O) groups is 2. The smallest absolute Gasteiger partial charge is 0.239 e. The van der Waals surface area contributed by atoms with Crippen LogP contribution >= 0.6 is 0 Å². The summed E-state index contributed by atoms with van der Waals surface area (Å²) in [4.78, 5) is 26.4. The molecule has 2 amide bonds. The highest BCUT2D eigenvalue weighted by Crippen LogP contribution is 2.53. The summed E-state index contributed by atoms with van der Waals surface area (Å²) < 4.78 is 0. The molecule has 2 aliphatic heterocycles. The van der Waals surface area contributed by atoms with Gasteiger partial charge >= 0.3 is 0 Å². The van der Waals surface area contributed by atoms with E-state index in [1.165, 1.54) is 4.90 Å². The van der Waals surface area contributed by atoms with Crippen molar-refractivity contribution in [2.45, 2.75) is 38.0 Å². The van der Waals surface area contributed by atoms with E-state index in [0.29, 0.717) is 25.1 Å². The van der Waals surface area contributed by atoms with Crippen LogP contribution in [-0.2, 0) is 15.0 Å². The standard InChI is InChI=1S/C16H20N2O2/c1-2-3-8-18-14(19)11-9-16(10-11,15(18)20)12-4-6-13(17)7-5-12/h4-7,11H,2-3,8-10,17H2,1H3. The van der Waals surface area contributed by atoms with Gasteiger partial charge in [-0.15, -0.1) is 0 Å². The highest BCUT2D eigenvalue weighted by molar-refractivity contribution is 6.07. The third kappa shape index (κ3) is 1.74. The van der Waals surface area contributed by atoms with Gasteiger partial charge in [-0.1, -0.05) is 25.5 Å². The van der Waals surface area contributed by atoms with E-state index in [4.69, 9.17) is 5.73 Å². The molecule has 2 heterocycles. The molecule has 0 radical (unpaired) electrons. The number of fused-ring (bicyclic) bond motifs is 2. The van der Waals surface area contributed by atoms with Gasteiger partial charge in [0.05, 0.1) is 5.41 Å². The summed E-state index contributed by atoms with van der Waals surface area (Å²) >= 11 is 0. The predicted octanol–water partition coefficient (Wildman–Crippen LogP) is 2.09. The molecule has 4 heteroatoms. The SMILES string of the molecule is CCCCN1C(=O)C2CC(c3ccc(N)cc3)(C2)C1=O. The molecule has 4 rings (SSSR count). The van der Waals surface area contributed by atoms with Gasteiger partial charge in [0.15, 0.2) is 0 Å². The molecule has 1 saturated carbocycles. The number of nitrogens with two attached hydrogens (primary N) is 1. The number of anilines is 1. The normalized spacial score (nSPS) is 28.4. The molecule has 2 bridgehead atoms. The van der Waals surface area contributed by atoms with E-state index >= 15 is 0 Å². The second-order valence-electron chi connectivity index (χ2n) is 5.96. The topological polar surface area (TPSA) is 63.4 Å². The van der Waals surface area contributed by atoms with Gasteiger partial charge in [0, 0.05) is 18.2 Å². The van der Waals surface area contributed by atoms with Crippen LogP contribution in [0, 0.1) is 5.92 Å². The van der Waals surface area contributed by atoms with Crippen molar-refractivity contribution >= 4 is 17.5 Å². The fraction of sp³-hybridized carbons (Fsp3) is 0.500. The van der Waals surface area contributed by atoms with E-state index in [9.17, 15) is 9.59 Å². The second kappa shape index (κ2) is 4.62. The largest absolute Gasteiger partial charge is 0.399 e. The van der Waals surface area contributed by atoms with Crippen LogP contribution in [0.5, 0.6) is 0 Å². The van der Waals surface area contributed by atoms with Crippen LogP contribution < -0.4 is 5.73 Å². The van der Waals surface area contributed by atoms with Crippen LogP contribution in [0.15, 0.2) is 24.3 Å². The number of imide groups is 1. The van der Waals surface area contributed by atoms with Gasteiger partial charge in [0.25, 0.3) is 0 Å². The summed E-state index contributed by atoms with van der Waals surface area (Å²) in [5.74, 6) is 0.0473. The van der Waals surface area contributed by atoms with Gasteiger partial charge in [0.2, 0.25) is 11.8 Å². The number of carbonyl (C=O) groups excluding carboxylic acids is 2. The Morgan fingerprint density at radius 2 is 1.90 bits per heavy atom. The number of hydrogen-bond acceptors (Lipinski definition) is 3. The number of nitrogen functional groups attached to an aromatic ring is 1. The maximum Gasteiger partial charge on any atom is 0.239 e. The fourth-order valence-corrected chi connectivity index (χ4v) is 3.40. The Morgan fingerprint density at radius 3 is 2.50 bits per heavy atom. The van der Waals surface area contributed by atoms with Crippen LogP contribution in [0.4, 0.5) is 5.69 Å². The van der Waals surface area contributed by atoms with Crippen molar-refractivity contribution in [1.82, 2.24) is 4.90 Å². The summed E-state index contributed by atoms with van der Waals surface area (Å²) in [6, 6.07) is 7.52. The number of piperidine rings is 2. The quantitative estimate of drug-likeness (QED) is 0.674. The molecule has 2 N–H and O–H groups in total. The van der Waals surface area contributed by atoms with Crippen LogP contribution in [0.1, 0.15) is 38.2 Å². The third-order valence-corrected chi connectivity index (χ3v) is 4.66. The molecule has 0 spiro atoms. The first kappa shape index (κ1) is 13.2. The minimum absolute atomic E-state index is 0.0109. The summed E-state index contributed by atoms with van der Waals surface area (Å²) in [5, 5.41) is 0. The zero-order valence-corrected chi connectivity index (χ0v) is 11.8. The Bertz CT molecular complexity index is 544. The lowest BCUT2D eigenvalue weighted by molar-refractivity contribution is -0.168. The number of hydrogen-bond donors (Lipinski definition) is 1. The van der Waals surface area contributed by atoms with E-state index in [1.807, 2.05) is 24.3 Å². The van der Waals surface area contributed by atoms with Gasteiger partial charge in [-0.25, -0.2) is 0 Å². The van der Waals surface area contributed by atoms with Gasteiger partial charge in [-0.05, 0) is 37.0 Å². The molecule has 1 aromatic carbocycles. The van der Waals surface area contributed by atoms with Gasteiger partial charge < -0.3 is 5.73 Å². The van der Waals surface area contributed by atoms with E-state index < -0.39 is 5.41 Å². The highest BCUT2D eigenvalue weighted by atomic mass is 16.2. The molecule has 0 atom stereocenters.